The molecule has 9 heteroatoms. The number of aliphatic carboxylic acids is 1. The van der Waals surface area contributed by atoms with Gasteiger partial charge in [0.05, 0.1) is 0 Å². The number of hydrogen-bond donors (Lipinski definition) is 3. The van der Waals surface area contributed by atoms with E-state index in [1.807, 2.05) is 0 Å². The van der Waals surface area contributed by atoms with Crippen molar-refractivity contribution in [2.75, 3.05) is 13.1 Å². The number of carboxylic acids is 1. The maximum Gasteiger partial charge on any atom is 0.323 e. The zero-order valence-electron chi connectivity index (χ0n) is 10.8. The first kappa shape index (κ1) is 16.3. The van der Waals surface area contributed by atoms with E-state index in [4.69, 9.17) is 10.8 Å². The van der Waals surface area contributed by atoms with E-state index in [1.54, 1.807) is 0 Å². The third-order valence-electron chi connectivity index (χ3n) is 2.40. The zero-order valence-corrected chi connectivity index (χ0v) is 10.8. The Morgan fingerprint density at radius 3 is 2.48 bits per heavy atom. The molecule has 21 heavy (non-hydrogen) atoms. The van der Waals surface area contributed by atoms with Gasteiger partial charge in [-0.25, -0.2) is 13.6 Å². The number of amides is 3. The van der Waals surface area contributed by atoms with Crippen LogP contribution in [0.3, 0.4) is 0 Å². The van der Waals surface area contributed by atoms with E-state index < -0.39 is 42.6 Å². The Labute approximate surface area is 118 Å². The van der Waals surface area contributed by atoms with Crippen LogP contribution in [0.15, 0.2) is 18.2 Å². The standard InChI is InChI=1S/C12H13F2N3O4/c13-8-1-2-9(14)7(3-8)4-16-12(21)17(5-10(15)18)6-11(19)20/h1-3H,4-6H2,(H2,15,18)(H,16,21)(H,19,20). The van der Waals surface area contributed by atoms with E-state index in [0.29, 0.717) is 4.90 Å². The van der Waals surface area contributed by atoms with E-state index in [-0.39, 0.29) is 12.1 Å². The molecule has 0 fully saturated rings. The van der Waals surface area contributed by atoms with Gasteiger partial charge in [0.15, 0.2) is 0 Å². The first-order valence-electron chi connectivity index (χ1n) is 5.76. The van der Waals surface area contributed by atoms with Crippen LogP contribution in [0, 0.1) is 11.6 Å². The van der Waals surface area contributed by atoms with Crippen LogP contribution in [-0.2, 0) is 16.1 Å². The number of carboxylic acid groups (broad SMARTS) is 1. The summed E-state index contributed by atoms with van der Waals surface area (Å²) in [5.41, 5.74) is 4.78. The largest absolute Gasteiger partial charge is 0.480 e. The minimum absolute atomic E-state index is 0.113. The molecule has 0 radical (unpaired) electrons. The molecule has 1 rings (SSSR count). The summed E-state index contributed by atoms with van der Waals surface area (Å²) in [4.78, 5) is 33.7. The van der Waals surface area contributed by atoms with Crippen molar-refractivity contribution < 1.29 is 28.3 Å². The van der Waals surface area contributed by atoms with Gasteiger partial charge in [-0.05, 0) is 18.2 Å². The summed E-state index contributed by atoms with van der Waals surface area (Å²) < 4.78 is 26.3. The van der Waals surface area contributed by atoms with Gasteiger partial charge >= 0.3 is 12.0 Å². The van der Waals surface area contributed by atoms with Crippen LogP contribution >= 0.6 is 0 Å². The smallest absolute Gasteiger partial charge is 0.323 e. The zero-order chi connectivity index (χ0) is 16.0. The third-order valence-corrected chi connectivity index (χ3v) is 2.40. The van der Waals surface area contributed by atoms with E-state index in [1.165, 1.54) is 0 Å². The van der Waals surface area contributed by atoms with Crippen molar-refractivity contribution in [3.05, 3.63) is 35.4 Å². The Morgan fingerprint density at radius 2 is 1.90 bits per heavy atom. The van der Waals surface area contributed by atoms with Crippen molar-refractivity contribution in [3.8, 4) is 0 Å². The average molecular weight is 301 g/mol. The molecule has 0 aliphatic rings. The maximum absolute atomic E-state index is 13.3. The number of nitrogens with two attached hydrogens (primary N) is 1. The van der Waals surface area contributed by atoms with Gasteiger partial charge in [0.25, 0.3) is 0 Å². The minimum atomic E-state index is -1.34. The van der Waals surface area contributed by atoms with Gasteiger partial charge in [0.2, 0.25) is 5.91 Å². The highest BCUT2D eigenvalue weighted by atomic mass is 19.1. The summed E-state index contributed by atoms with van der Waals surface area (Å²) >= 11 is 0. The molecular weight excluding hydrogens is 288 g/mol. The highest BCUT2D eigenvalue weighted by molar-refractivity contribution is 5.85. The minimum Gasteiger partial charge on any atom is -0.480 e. The first-order chi connectivity index (χ1) is 9.79. The third kappa shape index (κ3) is 5.43. The second-order valence-corrected chi connectivity index (χ2v) is 4.11. The molecule has 0 spiro atoms. The Bertz CT molecular complexity index is 549. The summed E-state index contributed by atoms with van der Waals surface area (Å²) in [6.45, 7) is -1.72. The van der Waals surface area contributed by atoms with Crippen molar-refractivity contribution in [1.29, 1.82) is 0 Å². The maximum atomic E-state index is 13.3. The van der Waals surface area contributed by atoms with Crippen LogP contribution in [0.25, 0.3) is 0 Å². The van der Waals surface area contributed by atoms with Gasteiger partial charge < -0.3 is 21.1 Å². The van der Waals surface area contributed by atoms with Crippen LogP contribution < -0.4 is 11.1 Å². The molecule has 0 unspecified atom stereocenters. The Balaban J connectivity index is 2.70. The lowest BCUT2D eigenvalue weighted by atomic mass is 10.2. The van der Waals surface area contributed by atoms with Crippen molar-refractivity contribution in [3.63, 3.8) is 0 Å². The summed E-state index contributed by atoms with van der Waals surface area (Å²) in [6, 6.07) is 1.78. The fraction of sp³-hybridized carbons (Fsp3) is 0.250. The van der Waals surface area contributed by atoms with Crippen molar-refractivity contribution in [2.45, 2.75) is 6.54 Å². The summed E-state index contributed by atoms with van der Waals surface area (Å²) in [7, 11) is 0. The van der Waals surface area contributed by atoms with E-state index in [0.717, 1.165) is 18.2 Å². The molecule has 0 heterocycles. The van der Waals surface area contributed by atoms with E-state index >= 15 is 0 Å². The topological polar surface area (TPSA) is 113 Å². The first-order valence-corrected chi connectivity index (χ1v) is 5.76. The molecule has 0 aliphatic carbocycles. The van der Waals surface area contributed by atoms with Gasteiger partial charge in [-0.1, -0.05) is 0 Å². The summed E-state index contributed by atoms with van der Waals surface area (Å²) in [5, 5.41) is 10.8. The number of hydrogen-bond acceptors (Lipinski definition) is 3. The SMILES string of the molecule is NC(=O)CN(CC(=O)O)C(=O)NCc1cc(F)ccc1F. The summed E-state index contributed by atoms with van der Waals surface area (Å²) in [6.07, 6.45) is 0. The predicted molar refractivity (Wildman–Crippen MR) is 67.0 cm³/mol. The number of primary amides is 1. The van der Waals surface area contributed by atoms with Crippen LogP contribution in [0.2, 0.25) is 0 Å². The molecule has 0 aliphatic heterocycles. The van der Waals surface area contributed by atoms with Crippen LogP contribution in [0.1, 0.15) is 5.56 Å². The molecule has 0 aromatic heterocycles. The Morgan fingerprint density at radius 1 is 1.24 bits per heavy atom. The number of carbonyl (C=O) groups is 3. The molecule has 0 bridgehead atoms. The van der Waals surface area contributed by atoms with Crippen LogP contribution in [0.4, 0.5) is 13.6 Å². The van der Waals surface area contributed by atoms with Gasteiger partial charge in [-0.2, -0.15) is 0 Å². The fourth-order valence-corrected chi connectivity index (χ4v) is 1.51. The van der Waals surface area contributed by atoms with E-state index in [9.17, 15) is 23.2 Å². The lowest BCUT2D eigenvalue weighted by molar-refractivity contribution is -0.137. The monoisotopic (exact) mass is 301 g/mol. The van der Waals surface area contributed by atoms with Gasteiger partial charge in [-0.15, -0.1) is 0 Å². The predicted octanol–water partition coefficient (Wildman–Crippen LogP) is 0.0463. The number of nitrogens with zero attached hydrogens (tertiary/aromatic N) is 1. The molecular formula is C12H13F2N3O4. The van der Waals surface area contributed by atoms with Crippen molar-refractivity contribution in [1.82, 2.24) is 10.2 Å². The molecule has 7 nitrogen and oxygen atoms in total. The second kappa shape index (κ2) is 7.17. The average Bonchev–Trinajstić information content (AvgIpc) is 2.37. The number of rotatable bonds is 6. The molecule has 1 aromatic carbocycles. The van der Waals surface area contributed by atoms with Gasteiger partial charge in [0, 0.05) is 12.1 Å². The lowest BCUT2D eigenvalue weighted by Gasteiger charge is -2.19. The molecule has 0 atom stereocenters. The van der Waals surface area contributed by atoms with Crippen molar-refractivity contribution >= 4 is 17.9 Å². The molecule has 0 saturated heterocycles. The number of urea groups is 1. The molecule has 114 valence electrons. The Hall–Kier alpha value is -2.71. The van der Waals surface area contributed by atoms with Crippen LogP contribution in [-0.4, -0.2) is 41.0 Å². The molecule has 1 aromatic rings. The number of benzene rings is 1. The number of carbonyl (C=O) groups excluding carboxylic acids is 2. The molecule has 4 N–H and O–H groups in total. The molecule has 0 saturated carbocycles. The number of nitrogens with one attached hydrogen (secondary N) is 1. The highest BCUT2D eigenvalue weighted by Crippen LogP contribution is 2.09. The normalized spacial score (nSPS) is 10.0. The summed E-state index contributed by atoms with van der Waals surface area (Å²) in [5.74, 6) is -3.65. The molecule has 3 amide bonds. The van der Waals surface area contributed by atoms with E-state index in [2.05, 4.69) is 5.32 Å². The lowest BCUT2D eigenvalue weighted by Crippen LogP contribution is -2.46. The van der Waals surface area contributed by atoms with Crippen LogP contribution in [0.5, 0.6) is 0 Å². The van der Waals surface area contributed by atoms with Gasteiger partial charge in [-0.3, -0.25) is 9.59 Å². The fourth-order valence-electron chi connectivity index (χ4n) is 1.51. The second-order valence-electron chi connectivity index (χ2n) is 4.11. The number of halogens is 2. The highest BCUT2D eigenvalue weighted by Gasteiger charge is 2.18. The quantitative estimate of drug-likeness (QED) is 0.688. The Kier molecular flexibility index (Phi) is 5.58. The van der Waals surface area contributed by atoms with Gasteiger partial charge in [0.1, 0.15) is 24.7 Å². The van der Waals surface area contributed by atoms with Crippen molar-refractivity contribution in [2.24, 2.45) is 5.73 Å².